The molecule has 1 aromatic carbocycles. The molecular weight excluding hydrogens is 230 g/mol. The first kappa shape index (κ1) is 14.5. The summed E-state index contributed by atoms with van der Waals surface area (Å²) in [5.74, 6) is 0.528. The molecule has 0 aliphatic heterocycles. The summed E-state index contributed by atoms with van der Waals surface area (Å²) in [5, 5.41) is 0. The highest BCUT2D eigenvalue weighted by Crippen LogP contribution is 2.11. The predicted octanol–water partition coefficient (Wildman–Crippen LogP) is 0.331. The zero-order valence-electron chi connectivity index (χ0n) is 10.8. The minimum absolute atomic E-state index is 0.283. The van der Waals surface area contributed by atoms with Gasteiger partial charge in [-0.25, -0.2) is 0 Å². The van der Waals surface area contributed by atoms with Crippen LogP contribution >= 0.6 is 0 Å². The van der Waals surface area contributed by atoms with Crippen molar-refractivity contribution >= 4 is 5.91 Å². The van der Waals surface area contributed by atoms with Crippen LogP contribution in [0.5, 0.6) is 5.75 Å². The standard InChI is InChI=1S/C13H21N3O2/c1-16(10-13(15)17)7-2-8-18-12-5-3-11(9-14)4-6-12/h3-6H,2,7-10,14H2,1H3,(H2,15,17). The fraction of sp³-hybridized carbons (Fsp3) is 0.462. The van der Waals surface area contributed by atoms with Gasteiger partial charge in [0.05, 0.1) is 13.2 Å². The van der Waals surface area contributed by atoms with Gasteiger partial charge in [0, 0.05) is 13.1 Å². The smallest absolute Gasteiger partial charge is 0.231 e. The summed E-state index contributed by atoms with van der Waals surface area (Å²) in [6, 6.07) is 7.73. The van der Waals surface area contributed by atoms with Crippen molar-refractivity contribution in [2.24, 2.45) is 11.5 Å². The number of hydrogen-bond donors (Lipinski definition) is 2. The summed E-state index contributed by atoms with van der Waals surface area (Å²) in [6.07, 6.45) is 0.850. The molecule has 0 aliphatic carbocycles. The van der Waals surface area contributed by atoms with Gasteiger partial charge in [-0.3, -0.25) is 9.69 Å². The van der Waals surface area contributed by atoms with E-state index in [1.165, 1.54) is 0 Å². The van der Waals surface area contributed by atoms with Crippen LogP contribution in [0, 0.1) is 0 Å². The monoisotopic (exact) mass is 251 g/mol. The minimum Gasteiger partial charge on any atom is -0.494 e. The molecule has 0 aliphatic rings. The second kappa shape index (κ2) is 7.68. The molecule has 1 rings (SSSR count). The molecule has 0 saturated heterocycles. The van der Waals surface area contributed by atoms with E-state index in [0.29, 0.717) is 13.2 Å². The first-order chi connectivity index (χ1) is 8.61. The van der Waals surface area contributed by atoms with Crippen LogP contribution in [0.3, 0.4) is 0 Å². The van der Waals surface area contributed by atoms with Gasteiger partial charge in [0.2, 0.25) is 5.91 Å². The normalized spacial score (nSPS) is 10.6. The Morgan fingerprint density at radius 2 is 2.00 bits per heavy atom. The number of benzene rings is 1. The lowest BCUT2D eigenvalue weighted by atomic mass is 10.2. The summed E-state index contributed by atoms with van der Waals surface area (Å²) in [7, 11) is 1.86. The van der Waals surface area contributed by atoms with E-state index in [1.807, 2.05) is 36.2 Å². The van der Waals surface area contributed by atoms with E-state index in [-0.39, 0.29) is 12.5 Å². The number of rotatable bonds is 8. The molecule has 0 radical (unpaired) electrons. The molecule has 5 heteroatoms. The van der Waals surface area contributed by atoms with E-state index in [9.17, 15) is 4.79 Å². The highest BCUT2D eigenvalue weighted by Gasteiger charge is 2.02. The Kier molecular flexibility index (Phi) is 6.18. The number of nitrogens with two attached hydrogens (primary N) is 2. The quantitative estimate of drug-likeness (QED) is 0.652. The summed E-state index contributed by atoms with van der Waals surface area (Å²) in [6.45, 7) is 2.22. The molecular formula is C13H21N3O2. The second-order valence-corrected chi connectivity index (χ2v) is 4.25. The fourth-order valence-electron chi connectivity index (χ4n) is 1.59. The number of amides is 1. The topological polar surface area (TPSA) is 81.6 Å². The molecule has 0 fully saturated rings. The van der Waals surface area contributed by atoms with Crippen LogP contribution in [0.1, 0.15) is 12.0 Å². The Morgan fingerprint density at radius 1 is 1.33 bits per heavy atom. The van der Waals surface area contributed by atoms with Gasteiger partial charge < -0.3 is 16.2 Å². The van der Waals surface area contributed by atoms with Crippen molar-refractivity contribution in [3.05, 3.63) is 29.8 Å². The molecule has 0 atom stereocenters. The van der Waals surface area contributed by atoms with Crippen LogP contribution < -0.4 is 16.2 Å². The molecule has 1 aromatic rings. The molecule has 4 N–H and O–H groups in total. The Morgan fingerprint density at radius 3 is 2.56 bits per heavy atom. The van der Waals surface area contributed by atoms with E-state index in [4.69, 9.17) is 16.2 Å². The number of primary amides is 1. The summed E-state index contributed by atoms with van der Waals surface area (Å²) < 4.78 is 5.58. The maximum atomic E-state index is 10.7. The highest BCUT2D eigenvalue weighted by atomic mass is 16.5. The van der Waals surface area contributed by atoms with Crippen molar-refractivity contribution in [2.45, 2.75) is 13.0 Å². The van der Waals surface area contributed by atoms with E-state index < -0.39 is 0 Å². The minimum atomic E-state index is -0.309. The molecule has 0 spiro atoms. The lowest BCUT2D eigenvalue weighted by Gasteiger charge is -2.14. The molecule has 0 saturated carbocycles. The predicted molar refractivity (Wildman–Crippen MR) is 71.1 cm³/mol. The number of likely N-dealkylation sites (N-methyl/N-ethyl adjacent to an activating group) is 1. The zero-order chi connectivity index (χ0) is 13.4. The van der Waals surface area contributed by atoms with Crippen LogP contribution in [-0.4, -0.2) is 37.6 Å². The van der Waals surface area contributed by atoms with Crippen molar-refractivity contribution in [1.29, 1.82) is 0 Å². The van der Waals surface area contributed by atoms with Crippen LogP contribution in [-0.2, 0) is 11.3 Å². The lowest BCUT2D eigenvalue weighted by molar-refractivity contribution is -0.118. The van der Waals surface area contributed by atoms with Crippen LogP contribution in [0.25, 0.3) is 0 Å². The summed E-state index contributed by atoms with van der Waals surface area (Å²) in [5.41, 5.74) is 11.7. The Bertz CT molecular complexity index is 365. The molecule has 1 amide bonds. The summed E-state index contributed by atoms with van der Waals surface area (Å²) >= 11 is 0. The van der Waals surface area contributed by atoms with Gasteiger partial charge in [-0.1, -0.05) is 12.1 Å². The number of hydrogen-bond acceptors (Lipinski definition) is 4. The van der Waals surface area contributed by atoms with Gasteiger partial charge in [0.15, 0.2) is 0 Å². The van der Waals surface area contributed by atoms with E-state index >= 15 is 0 Å². The average Bonchev–Trinajstić information content (AvgIpc) is 2.34. The SMILES string of the molecule is CN(CCCOc1ccc(CN)cc1)CC(N)=O. The molecule has 5 nitrogen and oxygen atoms in total. The van der Waals surface area contributed by atoms with E-state index in [1.54, 1.807) is 0 Å². The molecule has 0 bridgehead atoms. The largest absolute Gasteiger partial charge is 0.494 e. The number of carbonyl (C=O) groups is 1. The van der Waals surface area contributed by atoms with Crippen LogP contribution in [0.4, 0.5) is 0 Å². The lowest BCUT2D eigenvalue weighted by Crippen LogP contribution is -2.31. The van der Waals surface area contributed by atoms with Gasteiger partial charge in [0.1, 0.15) is 5.75 Å². The van der Waals surface area contributed by atoms with Crippen molar-refractivity contribution < 1.29 is 9.53 Å². The van der Waals surface area contributed by atoms with Gasteiger partial charge in [-0.2, -0.15) is 0 Å². The van der Waals surface area contributed by atoms with Crippen molar-refractivity contribution in [3.8, 4) is 5.75 Å². The molecule has 18 heavy (non-hydrogen) atoms. The highest BCUT2D eigenvalue weighted by molar-refractivity contribution is 5.75. The maximum Gasteiger partial charge on any atom is 0.231 e. The van der Waals surface area contributed by atoms with E-state index in [0.717, 1.165) is 24.3 Å². The number of carbonyl (C=O) groups excluding carboxylic acids is 1. The Labute approximate surface area is 108 Å². The van der Waals surface area contributed by atoms with E-state index in [2.05, 4.69) is 0 Å². The summed E-state index contributed by atoms with van der Waals surface area (Å²) in [4.78, 5) is 12.5. The van der Waals surface area contributed by atoms with Crippen LogP contribution in [0.15, 0.2) is 24.3 Å². The average molecular weight is 251 g/mol. The maximum absolute atomic E-state index is 10.7. The van der Waals surface area contributed by atoms with Gasteiger partial charge >= 0.3 is 0 Å². The first-order valence-corrected chi connectivity index (χ1v) is 6.00. The molecule has 0 aromatic heterocycles. The fourth-order valence-corrected chi connectivity index (χ4v) is 1.59. The molecule has 0 heterocycles. The molecule has 0 unspecified atom stereocenters. The van der Waals surface area contributed by atoms with Gasteiger partial charge in [0.25, 0.3) is 0 Å². The first-order valence-electron chi connectivity index (χ1n) is 6.00. The van der Waals surface area contributed by atoms with Gasteiger partial charge in [-0.15, -0.1) is 0 Å². The third-order valence-electron chi connectivity index (χ3n) is 2.54. The van der Waals surface area contributed by atoms with Crippen molar-refractivity contribution in [2.75, 3.05) is 26.7 Å². The van der Waals surface area contributed by atoms with Crippen LogP contribution in [0.2, 0.25) is 0 Å². The van der Waals surface area contributed by atoms with Gasteiger partial charge in [-0.05, 0) is 31.2 Å². The third-order valence-corrected chi connectivity index (χ3v) is 2.54. The molecule has 100 valence electrons. The zero-order valence-corrected chi connectivity index (χ0v) is 10.8. The van der Waals surface area contributed by atoms with Crippen molar-refractivity contribution in [1.82, 2.24) is 4.90 Å². The number of nitrogens with zero attached hydrogens (tertiary/aromatic N) is 1. The Balaban J connectivity index is 2.19. The van der Waals surface area contributed by atoms with Crippen molar-refractivity contribution in [3.63, 3.8) is 0 Å². The number of ether oxygens (including phenoxy) is 1. The second-order valence-electron chi connectivity index (χ2n) is 4.25. The Hall–Kier alpha value is -1.59. The third kappa shape index (κ3) is 5.65.